The summed E-state index contributed by atoms with van der Waals surface area (Å²) in [4.78, 5) is 4.77. The first-order valence-corrected chi connectivity index (χ1v) is 8.74. The van der Waals surface area contributed by atoms with Crippen LogP contribution in [0.15, 0.2) is 84.9 Å². The van der Waals surface area contributed by atoms with Crippen molar-refractivity contribution in [1.29, 1.82) is 0 Å². The lowest BCUT2D eigenvalue weighted by atomic mass is 10.2. The molecule has 0 N–H and O–H groups in total. The summed E-state index contributed by atoms with van der Waals surface area (Å²) in [6.45, 7) is 0. The molecule has 0 radical (unpaired) electrons. The molecule has 1 heterocycles. The van der Waals surface area contributed by atoms with Gasteiger partial charge >= 0.3 is 0 Å². The molecule has 4 aromatic rings. The van der Waals surface area contributed by atoms with Gasteiger partial charge in [0.05, 0.1) is 18.4 Å². The Labute approximate surface area is 158 Å². The topological polar surface area (TPSA) is 39.9 Å². The number of para-hydroxylation sites is 2. The van der Waals surface area contributed by atoms with E-state index in [1.165, 1.54) is 0 Å². The summed E-state index contributed by atoms with van der Waals surface area (Å²) >= 11 is 0. The van der Waals surface area contributed by atoms with E-state index in [0.717, 1.165) is 28.4 Å². The van der Waals surface area contributed by atoms with Crippen molar-refractivity contribution in [2.24, 2.45) is 0 Å². The highest BCUT2D eigenvalue weighted by molar-refractivity contribution is 5.70. The smallest absolute Gasteiger partial charge is 0.175 e. The first kappa shape index (κ1) is 16.8. The zero-order chi connectivity index (χ0) is 18.5. The molecule has 132 valence electrons. The normalized spacial score (nSPS) is 11.0. The number of aromatic nitrogens is 3. The van der Waals surface area contributed by atoms with Crippen molar-refractivity contribution in [1.82, 2.24) is 14.8 Å². The van der Waals surface area contributed by atoms with Gasteiger partial charge in [-0.1, -0.05) is 66.7 Å². The van der Waals surface area contributed by atoms with Crippen molar-refractivity contribution in [3.63, 3.8) is 0 Å². The second kappa shape index (κ2) is 7.70. The van der Waals surface area contributed by atoms with Crippen LogP contribution in [0.4, 0.5) is 0 Å². The van der Waals surface area contributed by atoms with Crippen molar-refractivity contribution >= 4 is 12.2 Å². The molecule has 0 bridgehead atoms. The molecule has 0 saturated heterocycles. The van der Waals surface area contributed by atoms with Gasteiger partial charge in [0.25, 0.3) is 0 Å². The number of methoxy groups -OCH3 is 1. The molecule has 0 amide bonds. The van der Waals surface area contributed by atoms with Gasteiger partial charge in [-0.15, -0.1) is 5.10 Å². The van der Waals surface area contributed by atoms with E-state index in [2.05, 4.69) is 0 Å². The minimum atomic E-state index is 0.642. The van der Waals surface area contributed by atoms with Crippen LogP contribution in [0.5, 0.6) is 5.75 Å². The predicted octanol–water partition coefficient (Wildman–Crippen LogP) is 5.11. The Morgan fingerprint density at radius 1 is 0.778 bits per heavy atom. The van der Waals surface area contributed by atoms with Crippen LogP contribution in [0.2, 0.25) is 0 Å². The fourth-order valence-corrected chi connectivity index (χ4v) is 2.89. The van der Waals surface area contributed by atoms with E-state index >= 15 is 0 Å². The van der Waals surface area contributed by atoms with Crippen LogP contribution in [0.3, 0.4) is 0 Å². The van der Waals surface area contributed by atoms with Crippen LogP contribution in [0, 0.1) is 0 Å². The van der Waals surface area contributed by atoms with Crippen molar-refractivity contribution in [2.75, 3.05) is 7.11 Å². The average Bonchev–Trinajstić information content (AvgIpc) is 3.18. The quantitative estimate of drug-likeness (QED) is 0.500. The molecule has 4 rings (SSSR count). The fourth-order valence-electron chi connectivity index (χ4n) is 2.89. The van der Waals surface area contributed by atoms with Crippen LogP contribution in [-0.2, 0) is 0 Å². The molecular weight excluding hydrogens is 334 g/mol. The third kappa shape index (κ3) is 3.65. The maximum atomic E-state index is 5.53. The summed E-state index contributed by atoms with van der Waals surface area (Å²) < 4.78 is 7.38. The lowest BCUT2D eigenvalue weighted by molar-refractivity contribution is 0.416. The minimum absolute atomic E-state index is 0.642. The van der Waals surface area contributed by atoms with Gasteiger partial charge < -0.3 is 4.74 Å². The second-order valence-corrected chi connectivity index (χ2v) is 5.99. The highest BCUT2D eigenvalue weighted by Crippen LogP contribution is 2.30. The van der Waals surface area contributed by atoms with Crippen LogP contribution in [-0.4, -0.2) is 21.9 Å². The minimum Gasteiger partial charge on any atom is -0.496 e. The Balaban J connectivity index is 1.82. The fraction of sp³-hybridized carbons (Fsp3) is 0.0435. The molecular formula is C23H19N3O. The number of benzene rings is 3. The van der Waals surface area contributed by atoms with Crippen LogP contribution in [0.1, 0.15) is 11.4 Å². The molecule has 0 atom stereocenters. The predicted molar refractivity (Wildman–Crippen MR) is 109 cm³/mol. The number of nitrogens with zero attached hydrogens (tertiary/aromatic N) is 3. The van der Waals surface area contributed by atoms with Gasteiger partial charge in [-0.25, -0.2) is 9.67 Å². The van der Waals surface area contributed by atoms with Crippen LogP contribution >= 0.6 is 0 Å². The monoisotopic (exact) mass is 353 g/mol. The summed E-state index contributed by atoms with van der Waals surface area (Å²) in [6.07, 6.45) is 3.93. The molecule has 0 aliphatic heterocycles. The summed E-state index contributed by atoms with van der Waals surface area (Å²) in [5.41, 5.74) is 2.95. The van der Waals surface area contributed by atoms with Gasteiger partial charge in [-0.05, 0) is 35.9 Å². The van der Waals surface area contributed by atoms with Gasteiger partial charge in [0.2, 0.25) is 0 Å². The third-order valence-electron chi connectivity index (χ3n) is 4.20. The van der Waals surface area contributed by atoms with E-state index in [1.807, 2.05) is 102 Å². The molecule has 0 unspecified atom stereocenters. The molecule has 0 aliphatic rings. The van der Waals surface area contributed by atoms with E-state index in [1.54, 1.807) is 7.11 Å². The van der Waals surface area contributed by atoms with Crippen molar-refractivity contribution in [2.45, 2.75) is 0 Å². The lowest BCUT2D eigenvalue weighted by Gasteiger charge is -2.09. The van der Waals surface area contributed by atoms with Gasteiger partial charge in [-0.3, -0.25) is 0 Å². The highest BCUT2D eigenvalue weighted by Gasteiger charge is 2.15. The number of rotatable bonds is 5. The van der Waals surface area contributed by atoms with Crippen molar-refractivity contribution in [3.05, 3.63) is 96.3 Å². The van der Waals surface area contributed by atoms with E-state index in [9.17, 15) is 0 Å². The average molecular weight is 353 g/mol. The Kier molecular flexibility index (Phi) is 4.79. The molecule has 27 heavy (non-hydrogen) atoms. The number of ether oxygens (including phenoxy) is 1. The zero-order valence-corrected chi connectivity index (χ0v) is 15.0. The first-order chi connectivity index (χ1) is 13.3. The first-order valence-electron chi connectivity index (χ1n) is 8.74. The maximum absolute atomic E-state index is 5.53. The Morgan fingerprint density at radius 3 is 2.19 bits per heavy atom. The molecule has 3 aromatic carbocycles. The molecule has 4 nitrogen and oxygen atoms in total. The van der Waals surface area contributed by atoms with Gasteiger partial charge in [0.15, 0.2) is 11.6 Å². The van der Waals surface area contributed by atoms with E-state index in [4.69, 9.17) is 14.8 Å². The number of hydrogen-bond donors (Lipinski definition) is 0. The molecule has 0 fully saturated rings. The standard InChI is InChI=1S/C23H19N3O/c1-27-21-15-9-8-14-20(21)23-24-22(17-16-18-10-4-2-5-11-18)25-26(23)19-12-6-3-7-13-19/h2-17H,1H3. The second-order valence-electron chi connectivity index (χ2n) is 5.99. The molecule has 0 saturated carbocycles. The summed E-state index contributed by atoms with van der Waals surface area (Å²) in [6, 6.07) is 27.9. The Bertz CT molecular complexity index is 1050. The van der Waals surface area contributed by atoms with E-state index in [0.29, 0.717) is 5.82 Å². The molecule has 0 aliphatic carbocycles. The van der Waals surface area contributed by atoms with Crippen molar-refractivity contribution in [3.8, 4) is 22.8 Å². The summed E-state index contributed by atoms with van der Waals surface area (Å²) in [5.74, 6) is 2.15. The molecule has 0 spiro atoms. The van der Waals surface area contributed by atoms with Gasteiger partial charge in [-0.2, -0.15) is 0 Å². The largest absolute Gasteiger partial charge is 0.496 e. The van der Waals surface area contributed by atoms with E-state index < -0.39 is 0 Å². The van der Waals surface area contributed by atoms with Crippen LogP contribution < -0.4 is 4.74 Å². The molecule has 4 heteroatoms. The summed E-state index contributed by atoms with van der Waals surface area (Å²) in [7, 11) is 1.66. The number of hydrogen-bond acceptors (Lipinski definition) is 3. The Morgan fingerprint density at radius 2 is 1.44 bits per heavy atom. The maximum Gasteiger partial charge on any atom is 0.175 e. The van der Waals surface area contributed by atoms with Gasteiger partial charge in [0.1, 0.15) is 5.75 Å². The zero-order valence-electron chi connectivity index (χ0n) is 15.0. The Hall–Kier alpha value is -3.66. The molecule has 1 aromatic heterocycles. The highest BCUT2D eigenvalue weighted by atomic mass is 16.5. The van der Waals surface area contributed by atoms with Crippen LogP contribution in [0.25, 0.3) is 29.2 Å². The van der Waals surface area contributed by atoms with E-state index in [-0.39, 0.29) is 0 Å². The summed E-state index contributed by atoms with van der Waals surface area (Å²) in [5, 5.41) is 4.71. The third-order valence-corrected chi connectivity index (χ3v) is 4.20. The SMILES string of the molecule is COc1ccccc1-c1nc(C=Cc2ccccc2)nn1-c1ccccc1. The lowest BCUT2D eigenvalue weighted by Crippen LogP contribution is -2.00. The van der Waals surface area contributed by atoms with Gasteiger partial charge in [0, 0.05) is 0 Å². The van der Waals surface area contributed by atoms with Crippen molar-refractivity contribution < 1.29 is 4.74 Å².